The van der Waals surface area contributed by atoms with Gasteiger partial charge in [-0.3, -0.25) is 0 Å². The number of nitrogens with zero attached hydrogens (tertiary/aromatic N) is 1. The highest BCUT2D eigenvalue weighted by atomic mass is 32.2. The second kappa shape index (κ2) is 4.94. The van der Waals surface area contributed by atoms with Gasteiger partial charge in [0, 0.05) is 18.7 Å². The third-order valence-electron chi connectivity index (χ3n) is 3.10. The summed E-state index contributed by atoms with van der Waals surface area (Å²) in [4.78, 5) is 4.54. The van der Waals surface area contributed by atoms with E-state index in [0.717, 1.165) is 0 Å². The van der Waals surface area contributed by atoms with Crippen LogP contribution in [0.25, 0.3) is 11.1 Å². The maximum Gasteiger partial charge on any atom is 0.197 e. The molecule has 2 aromatic rings. The summed E-state index contributed by atoms with van der Waals surface area (Å²) in [6.07, 6.45) is 1.71. The van der Waals surface area contributed by atoms with Gasteiger partial charge in [-0.1, -0.05) is 13.8 Å². The third-order valence-corrected chi connectivity index (χ3v) is 4.21. The van der Waals surface area contributed by atoms with E-state index in [1.54, 1.807) is 6.07 Å². The lowest BCUT2D eigenvalue weighted by Gasteiger charge is -2.12. The van der Waals surface area contributed by atoms with Crippen LogP contribution in [0.4, 0.5) is 0 Å². The number of hydrogen-bond donors (Lipinski definition) is 1. The van der Waals surface area contributed by atoms with E-state index in [1.807, 2.05) is 13.8 Å². The Labute approximate surface area is 112 Å². The van der Waals surface area contributed by atoms with Crippen LogP contribution in [0.2, 0.25) is 0 Å². The lowest BCUT2D eigenvalue weighted by atomic mass is 10.0. The average molecular weight is 282 g/mol. The number of benzene rings is 1. The summed E-state index contributed by atoms with van der Waals surface area (Å²) in [5.41, 5.74) is 7.11. The lowest BCUT2D eigenvalue weighted by molar-refractivity contribution is 0.433. The van der Waals surface area contributed by atoms with Crippen LogP contribution >= 0.6 is 0 Å². The molecule has 0 saturated carbocycles. The minimum absolute atomic E-state index is 0.0255. The molecule has 5 nitrogen and oxygen atoms in total. The van der Waals surface area contributed by atoms with Gasteiger partial charge in [-0.2, -0.15) is 0 Å². The number of aromatic nitrogens is 1. The van der Waals surface area contributed by atoms with E-state index in [0.29, 0.717) is 29.3 Å². The Morgan fingerprint density at radius 3 is 2.63 bits per heavy atom. The summed E-state index contributed by atoms with van der Waals surface area (Å²) in [5.74, 6) is 0.878. The van der Waals surface area contributed by atoms with E-state index in [9.17, 15) is 8.42 Å². The second-order valence-electron chi connectivity index (χ2n) is 5.12. The lowest BCUT2D eigenvalue weighted by Crippen LogP contribution is -2.28. The summed E-state index contributed by atoms with van der Waals surface area (Å²) < 4.78 is 28.5. The fourth-order valence-corrected chi connectivity index (χ4v) is 2.35. The molecule has 0 aliphatic carbocycles. The van der Waals surface area contributed by atoms with Gasteiger partial charge in [-0.25, -0.2) is 13.4 Å². The van der Waals surface area contributed by atoms with E-state index in [2.05, 4.69) is 4.98 Å². The Hall–Kier alpha value is -1.40. The van der Waals surface area contributed by atoms with Gasteiger partial charge in [0.05, 0.1) is 4.90 Å². The standard InChI is InChI=1S/C13H18N2O3S/c1-8(2)10(14)7-13-15-11-6-9(19(3,16)17)4-5-12(11)18-13/h4-6,8,10H,7,14H2,1-3H3. The molecule has 19 heavy (non-hydrogen) atoms. The maximum atomic E-state index is 11.5. The van der Waals surface area contributed by atoms with Gasteiger partial charge in [-0.15, -0.1) is 0 Å². The Balaban J connectivity index is 2.36. The summed E-state index contributed by atoms with van der Waals surface area (Å²) in [6.45, 7) is 4.07. The molecule has 0 spiro atoms. The van der Waals surface area contributed by atoms with Crippen LogP contribution in [0.5, 0.6) is 0 Å². The van der Waals surface area contributed by atoms with Crippen molar-refractivity contribution < 1.29 is 12.8 Å². The molecule has 2 N–H and O–H groups in total. The normalized spacial score (nSPS) is 14.2. The number of hydrogen-bond acceptors (Lipinski definition) is 5. The second-order valence-corrected chi connectivity index (χ2v) is 7.14. The van der Waals surface area contributed by atoms with Gasteiger partial charge in [0.25, 0.3) is 0 Å². The van der Waals surface area contributed by atoms with Crippen LogP contribution in [-0.4, -0.2) is 25.7 Å². The number of sulfone groups is 1. The Morgan fingerprint density at radius 2 is 2.05 bits per heavy atom. The van der Waals surface area contributed by atoms with Crippen molar-refractivity contribution in [3.8, 4) is 0 Å². The zero-order valence-electron chi connectivity index (χ0n) is 11.3. The molecular weight excluding hydrogens is 264 g/mol. The Bertz CT molecular complexity index is 689. The zero-order valence-corrected chi connectivity index (χ0v) is 12.1. The van der Waals surface area contributed by atoms with Gasteiger partial charge in [-0.05, 0) is 24.1 Å². The number of oxazole rings is 1. The van der Waals surface area contributed by atoms with E-state index in [-0.39, 0.29) is 10.9 Å². The summed E-state index contributed by atoms with van der Waals surface area (Å²) >= 11 is 0. The van der Waals surface area contributed by atoms with Crippen molar-refractivity contribution in [1.29, 1.82) is 0 Å². The largest absolute Gasteiger partial charge is 0.441 e. The summed E-state index contributed by atoms with van der Waals surface area (Å²) in [5, 5.41) is 0. The van der Waals surface area contributed by atoms with Gasteiger partial charge in [0.1, 0.15) is 5.52 Å². The van der Waals surface area contributed by atoms with E-state index < -0.39 is 9.84 Å². The predicted molar refractivity (Wildman–Crippen MR) is 73.6 cm³/mol. The highest BCUT2D eigenvalue weighted by molar-refractivity contribution is 7.90. The van der Waals surface area contributed by atoms with Crippen molar-refractivity contribution in [3.63, 3.8) is 0 Å². The molecular formula is C13H18N2O3S. The topological polar surface area (TPSA) is 86.2 Å². The van der Waals surface area contributed by atoms with Crippen LogP contribution in [-0.2, 0) is 16.3 Å². The van der Waals surface area contributed by atoms with Crippen LogP contribution in [0.15, 0.2) is 27.5 Å². The third kappa shape index (κ3) is 3.13. The van der Waals surface area contributed by atoms with Crippen molar-refractivity contribution >= 4 is 20.9 Å². The zero-order chi connectivity index (χ0) is 14.2. The van der Waals surface area contributed by atoms with Gasteiger partial charge in [0.2, 0.25) is 0 Å². The first-order chi connectivity index (χ1) is 8.77. The van der Waals surface area contributed by atoms with Crippen LogP contribution in [0.3, 0.4) is 0 Å². The quantitative estimate of drug-likeness (QED) is 0.923. The molecule has 1 aromatic carbocycles. The van der Waals surface area contributed by atoms with Crippen molar-refractivity contribution in [1.82, 2.24) is 4.98 Å². The SMILES string of the molecule is CC(C)C(N)Cc1nc2cc(S(C)(=O)=O)ccc2o1. The molecule has 1 heterocycles. The molecule has 1 unspecified atom stereocenters. The van der Waals surface area contributed by atoms with Gasteiger partial charge in [0.15, 0.2) is 21.3 Å². The van der Waals surface area contributed by atoms with Gasteiger partial charge < -0.3 is 10.2 Å². The minimum atomic E-state index is -3.23. The van der Waals surface area contributed by atoms with E-state index in [1.165, 1.54) is 18.4 Å². The molecule has 0 aliphatic rings. The highest BCUT2D eigenvalue weighted by Gasteiger charge is 2.15. The maximum absolute atomic E-state index is 11.5. The molecule has 0 aliphatic heterocycles. The van der Waals surface area contributed by atoms with E-state index >= 15 is 0 Å². The molecule has 104 valence electrons. The number of nitrogens with two attached hydrogens (primary N) is 1. The summed E-state index contributed by atoms with van der Waals surface area (Å²) in [7, 11) is -3.23. The minimum Gasteiger partial charge on any atom is -0.441 e. The molecule has 0 amide bonds. The first kappa shape index (κ1) is 14.0. The molecule has 2 rings (SSSR count). The van der Waals surface area contributed by atoms with Crippen LogP contribution in [0, 0.1) is 5.92 Å². The first-order valence-corrected chi connectivity index (χ1v) is 8.01. The summed E-state index contributed by atoms with van der Waals surface area (Å²) in [6, 6.07) is 4.65. The van der Waals surface area contributed by atoms with Crippen molar-refractivity contribution in [2.75, 3.05) is 6.26 Å². The van der Waals surface area contributed by atoms with Crippen molar-refractivity contribution in [2.24, 2.45) is 11.7 Å². The molecule has 1 atom stereocenters. The molecule has 0 fully saturated rings. The fourth-order valence-electron chi connectivity index (χ4n) is 1.71. The van der Waals surface area contributed by atoms with Gasteiger partial charge >= 0.3 is 0 Å². The van der Waals surface area contributed by atoms with Crippen LogP contribution < -0.4 is 5.73 Å². The van der Waals surface area contributed by atoms with Crippen LogP contribution in [0.1, 0.15) is 19.7 Å². The molecule has 0 saturated heterocycles. The Morgan fingerprint density at radius 1 is 1.37 bits per heavy atom. The molecule has 6 heteroatoms. The predicted octanol–water partition coefficient (Wildman–Crippen LogP) is 1.76. The molecule has 0 radical (unpaired) electrons. The average Bonchev–Trinajstić information content (AvgIpc) is 2.68. The number of fused-ring (bicyclic) bond motifs is 1. The highest BCUT2D eigenvalue weighted by Crippen LogP contribution is 2.21. The molecule has 0 bridgehead atoms. The Kier molecular flexibility index (Phi) is 3.64. The van der Waals surface area contributed by atoms with E-state index in [4.69, 9.17) is 10.2 Å². The molecule has 1 aromatic heterocycles. The number of rotatable bonds is 4. The fraction of sp³-hybridized carbons (Fsp3) is 0.462. The van der Waals surface area contributed by atoms with Crippen molar-refractivity contribution in [2.45, 2.75) is 31.2 Å². The first-order valence-electron chi connectivity index (χ1n) is 6.12. The smallest absolute Gasteiger partial charge is 0.197 e. The van der Waals surface area contributed by atoms with Crippen molar-refractivity contribution in [3.05, 3.63) is 24.1 Å². The monoisotopic (exact) mass is 282 g/mol.